The van der Waals surface area contributed by atoms with Crippen LogP contribution in [0.5, 0.6) is 0 Å². The highest BCUT2D eigenvalue weighted by Gasteiger charge is 2.11. The van der Waals surface area contributed by atoms with Gasteiger partial charge in [0, 0.05) is 12.7 Å². The minimum Gasteiger partial charge on any atom is -0.409 e. The normalized spacial score (nSPS) is 12.3. The maximum Gasteiger partial charge on any atom is 0.189 e. The van der Waals surface area contributed by atoms with Gasteiger partial charge < -0.3 is 15.8 Å². The number of oxime groups is 1. The van der Waals surface area contributed by atoms with E-state index in [1.807, 2.05) is 12.1 Å². The lowest BCUT2D eigenvalue weighted by molar-refractivity contribution is 0.259. The summed E-state index contributed by atoms with van der Waals surface area (Å²) in [4.78, 5) is 8.70. The van der Waals surface area contributed by atoms with Crippen LogP contribution >= 0.6 is 0 Å². The zero-order valence-electron chi connectivity index (χ0n) is 12.6. The smallest absolute Gasteiger partial charge is 0.189 e. The molecule has 0 fully saturated rings. The summed E-state index contributed by atoms with van der Waals surface area (Å²) in [6.07, 6.45) is 2.76. The fourth-order valence-electron chi connectivity index (χ4n) is 2.04. The average molecular weight is 279 g/mol. The van der Waals surface area contributed by atoms with Crippen molar-refractivity contribution >= 4 is 5.84 Å². The Morgan fingerprint density at radius 3 is 2.75 bits per heavy atom. The maximum absolute atomic E-state index is 8.81. The highest BCUT2D eigenvalue weighted by Crippen LogP contribution is 2.09. The van der Waals surface area contributed by atoms with Crippen molar-refractivity contribution in [1.82, 2.24) is 14.8 Å². The Morgan fingerprint density at radius 2 is 2.15 bits per heavy atom. The molecule has 0 amide bonds. The summed E-state index contributed by atoms with van der Waals surface area (Å²) in [5.41, 5.74) is 7.20. The van der Waals surface area contributed by atoms with Crippen LogP contribution in [-0.2, 0) is 6.54 Å². The number of nitrogens with zero attached hydrogens (tertiary/aromatic N) is 4. The first kappa shape index (κ1) is 16.4. The van der Waals surface area contributed by atoms with E-state index in [0.29, 0.717) is 5.69 Å². The van der Waals surface area contributed by atoms with Crippen molar-refractivity contribution in [2.24, 2.45) is 10.9 Å². The lowest BCUT2D eigenvalue weighted by Crippen LogP contribution is -2.28. The molecule has 0 atom stereocenters. The zero-order valence-corrected chi connectivity index (χ0v) is 12.6. The summed E-state index contributed by atoms with van der Waals surface area (Å²) < 4.78 is 0. The fourth-order valence-corrected chi connectivity index (χ4v) is 2.04. The molecule has 1 rings (SSSR count). The number of nitrogens with two attached hydrogens (primary N) is 1. The summed E-state index contributed by atoms with van der Waals surface area (Å²) in [5, 5.41) is 11.9. The molecule has 0 bridgehead atoms. The third-order valence-corrected chi connectivity index (χ3v) is 3.16. The number of amidine groups is 1. The van der Waals surface area contributed by atoms with Crippen LogP contribution in [0.3, 0.4) is 0 Å². The topological polar surface area (TPSA) is 78.0 Å². The molecular weight excluding hydrogens is 254 g/mol. The first-order valence-electron chi connectivity index (χ1n) is 6.87. The van der Waals surface area contributed by atoms with Gasteiger partial charge in [0.25, 0.3) is 0 Å². The maximum atomic E-state index is 8.81. The molecule has 112 valence electrons. The Kier molecular flexibility index (Phi) is 6.97. The predicted octanol–water partition coefficient (Wildman–Crippen LogP) is 0.950. The molecule has 1 aromatic heterocycles. The average Bonchev–Trinajstić information content (AvgIpc) is 2.45. The zero-order chi connectivity index (χ0) is 15.0. The highest BCUT2D eigenvalue weighted by molar-refractivity contribution is 5.96. The van der Waals surface area contributed by atoms with Crippen molar-refractivity contribution in [2.75, 3.05) is 33.7 Å². The van der Waals surface area contributed by atoms with Crippen molar-refractivity contribution in [3.63, 3.8) is 0 Å². The summed E-state index contributed by atoms with van der Waals surface area (Å²) in [6, 6.07) is 3.84. The molecule has 0 unspecified atom stereocenters. The minimum atomic E-state index is 0.0601. The van der Waals surface area contributed by atoms with Crippen LogP contribution in [0, 0.1) is 0 Å². The monoisotopic (exact) mass is 279 g/mol. The molecule has 0 saturated heterocycles. The van der Waals surface area contributed by atoms with Gasteiger partial charge in [-0.2, -0.15) is 0 Å². The second kappa shape index (κ2) is 8.50. The standard InChI is InChI=1S/C14H25N5O/c1-4-19(10-6-9-18(2)3)11-12-7-5-8-16-13(12)14(15)17-20/h5,7-8,20H,4,6,9-11H2,1-3H3,(H2,15,17). The molecule has 1 aromatic rings. The third kappa shape index (κ3) is 5.14. The number of aromatic nitrogens is 1. The van der Waals surface area contributed by atoms with Crippen molar-refractivity contribution in [1.29, 1.82) is 0 Å². The molecule has 6 heteroatoms. The van der Waals surface area contributed by atoms with Crippen LogP contribution in [0.4, 0.5) is 0 Å². The quantitative estimate of drug-likeness (QED) is 0.321. The molecule has 6 nitrogen and oxygen atoms in total. The molecule has 0 aromatic carbocycles. The Morgan fingerprint density at radius 1 is 1.40 bits per heavy atom. The number of pyridine rings is 1. The van der Waals surface area contributed by atoms with E-state index >= 15 is 0 Å². The van der Waals surface area contributed by atoms with Gasteiger partial charge in [-0.25, -0.2) is 0 Å². The lowest BCUT2D eigenvalue weighted by atomic mass is 10.1. The van der Waals surface area contributed by atoms with E-state index in [1.165, 1.54) is 0 Å². The molecule has 0 spiro atoms. The van der Waals surface area contributed by atoms with Crippen molar-refractivity contribution < 1.29 is 5.21 Å². The van der Waals surface area contributed by atoms with E-state index in [0.717, 1.165) is 38.2 Å². The number of hydrogen-bond acceptors (Lipinski definition) is 5. The van der Waals surface area contributed by atoms with Gasteiger partial charge in [-0.15, -0.1) is 0 Å². The van der Waals surface area contributed by atoms with Gasteiger partial charge in [-0.3, -0.25) is 9.88 Å². The number of hydrogen-bond donors (Lipinski definition) is 2. The number of rotatable bonds is 8. The Balaban J connectivity index is 2.70. The van der Waals surface area contributed by atoms with Crippen LogP contribution in [0.25, 0.3) is 0 Å². The Bertz CT molecular complexity index is 433. The van der Waals surface area contributed by atoms with E-state index < -0.39 is 0 Å². The summed E-state index contributed by atoms with van der Waals surface area (Å²) in [6.45, 7) is 5.92. The van der Waals surface area contributed by atoms with Crippen LogP contribution in [0.1, 0.15) is 24.6 Å². The van der Waals surface area contributed by atoms with Gasteiger partial charge in [-0.05, 0) is 51.8 Å². The summed E-state index contributed by atoms with van der Waals surface area (Å²) in [5.74, 6) is 0.0601. The first-order valence-corrected chi connectivity index (χ1v) is 6.87. The fraction of sp³-hybridized carbons (Fsp3) is 0.571. The van der Waals surface area contributed by atoms with E-state index in [2.05, 4.69) is 41.0 Å². The Labute approximate surface area is 120 Å². The van der Waals surface area contributed by atoms with E-state index in [9.17, 15) is 0 Å². The molecule has 20 heavy (non-hydrogen) atoms. The van der Waals surface area contributed by atoms with Crippen molar-refractivity contribution in [2.45, 2.75) is 19.9 Å². The van der Waals surface area contributed by atoms with Gasteiger partial charge >= 0.3 is 0 Å². The molecule has 0 aliphatic carbocycles. The van der Waals surface area contributed by atoms with Gasteiger partial charge in [0.1, 0.15) is 5.69 Å². The van der Waals surface area contributed by atoms with Gasteiger partial charge in [0.05, 0.1) is 0 Å². The summed E-state index contributed by atoms with van der Waals surface area (Å²) in [7, 11) is 4.15. The van der Waals surface area contributed by atoms with Crippen molar-refractivity contribution in [3.8, 4) is 0 Å². The van der Waals surface area contributed by atoms with E-state index in [4.69, 9.17) is 10.9 Å². The van der Waals surface area contributed by atoms with Crippen LogP contribution in [0.2, 0.25) is 0 Å². The van der Waals surface area contributed by atoms with Gasteiger partial charge in [-0.1, -0.05) is 18.1 Å². The lowest BCUT2D eigenvalue weighted by Gasteiger charge is -2.22. The van der Waals surface area contributed by atoms with E-state index in [-0.39, 0.29) is 5.84 Å². The molecular formula is C14H25N5O. The van der Waals surface area contributed by atoms with Gasteiger partial charge in [0.15, 0.2) is 5.84 Å². The van der Waals surface area contributed by atoms with Crippen LogP contribution in [0.15, 0.2) is 23.5 Å². The van der Waals surface area contributed by atoms with Crippen molar-refractivity contribution in [3.05, 3.63) is 29.6 Å². The molecule has 0 saturated carbocycles. The molecule has 0 radical (unpaired) electrons. The summed E-state index contributed by atoms with van der Waals surface area (Å²) >= 11 is 0. The third-order valence-electron chi connectivity index (χ3n) is 3.16. The second-order valence-corrected chi connectivity index (χ2v) is 5.02. The highest BCUT2D eigenvalue weighted by atomic mass is 16.4. The molecule has 0 aliphatic heterocycles. The van der Waals surface area contributed by atoms with Gasteiger partial charge in [0.2, 0.25) is 0 Å². The largest absolute Gasteiger partial charge is 0.409 e. The Hall–Kier alpha value is -1.66. The minimum absolute atomic E-state index is 0.0601. The molecule has 0 aliphatic rings. The molecule has 1 heterocycles. The predicted molar refractivity (Wildman–Crippen MR) is 80.9 cm³/mol. The van der Waals surface area contributed by atoms with Crippen LogP contribution in [-0.4, -0.2) is 59.6 Å². The SMILES string of the molecule is CCN(CCCN(C)C)Cc1cccnc1/C(N)=N/O. The van der Waals surface area contributed by atoms with Crippen LogP contribution < -0.4 is 5.73 Å². The second-order valence-electron chi connectivity index (χ2n) is 5.02. The molecule has 3 N–H and O–H groups in total. The van der Waals surface area contributed by atoms with E-state index in [1.54, 1.807) is 6.20 Å². The first-order chi connectivity index (χ1) is 9.58.